The summed E-state index contributed by atoms with van der Waals surface area (Å²) in [4.78, 5) is 16.4. The molecular formula is C12H9Cl2NO4. The fourth-order valence-electron chi connectivity index (χ4n) is 2.41. The number of carbonyl (C=O) groups is 1. The van der Waals surface area contributed by atoms with E-state index in [0.29, 0.717) is 34.3 Å². The van der Waals surface area contributed by atoms with Crippen molar-refractivity contribution in [3.63, 3.8) is 0 Å². The molecule has 7 heteroatoms. The molecule has 0 bridgehead atoms. The second-order valence-electron chi connectivity index (χ2n) is 4.39. The van der Waals surface area contributed by atoms with Gasteiger partial charge in [-0.15, -0.1) is 0 Å². The number of aliphatic carboxylic acids is 1. The Kier molecular flexibility index (Phi) is 2.92. The first-order chi connectivity index (χ1) is 9.03. The van der Waals surface area contributed by atoms with Crippen molar-refractivity contribution >= 4 is 34.9 Å². The third kappa shape index (κ3) is 1.89. The third-order valence-electron chi connectivity index (χ3n) is 3.25. The summed E-state index contributed by atoms with van der Waals surface area (Å²) in [6.45, 7) is 0.310. The van der Waals surface area contributed by atoms with E-state index in [4.69, 9.17) is 32.8 Å². The Labute approximate surface area is 118 Å². The van der Waals surface area contributed by atoms with Gasteiger partial charge >= 0.3 is 11.8 Å². The highest BCUT2D eigenvalue weighted by Gasteiger charge is 2.60. The maximum absolute atomic E-state index is 11.3. The van der Waals surface area contributed by atoms with E-state index in [1.807, 2.05) is 0 Å². The number of ether oxygens (including phenoxy) is 1. The number of hydrogen-bond donors (Lipinski definition) is 1. The highest BCUT2D eigenvalue weighted by molar-refractivity contribution is 6.35. The average Bonchev–Trinajstić information content (AvgIpc) is 2.85. The predicted molar refractivity (Wildman–Crippen MR) is 68.5 cm³/mol. The van der Waals surface area contributed by atoms with Crippen LogP contribution in [0.2, 0.25) is 10.0 Å². The summed E-state index contributed by atoms with van der Waals surface area (Å²) in [7, 11) is 0. The second-order valence-corrected chi connectivity index (χ2v) is 5.26. The number of carboxylic acids is 1. The molecule has 2 atom stereocenters. The molecule has 1 aromatic carbocycles. The number of oxime groups is 1. The van der Waals surface area contributed by atoms with E-state index in [1.54, 1.807) is 18.2 Å². The standard InChI is InChI=1S/C12H9Cl2NO4/c13-7-3-6(4-8(14)5-7)10-9-1-2-18-12(9,11(16)17)19-15-10/h3-5,9H,1-2H2,(H,16,17)/t9-,12?/m0/s1. The van der Waals surface area contributed by atoms with Crippen molar-refractivity contribution in [3.05, 3.63) is 33.8 Å². The molecule has 0 radical (unpaired) electrons. The number of carboxylic acid groups (broad SMARTS) is 1. The third-order valence-corrected chi connectivity index (χ3v) is 3.68. The summed E-state index contributed by atoms with van der Waals surface area (Å²) in [5.41, 5.74) is 1.15. The van der Waals surface area contributed by atoms with Crippen LogP contribution in [0.3, 0.4) is 0 Å². The fraction of sp³-hybridized carbons (Fsp3) is 0.333. The van der Waals surface area contributed by atoms with Crippen LogP contribution in [0.25, 0.3) is 0 Å². The zero-order valence-electron chi connectivity index (χ0n) is 9.60. The number of nitrogens with zero attached hydrogens (tertiary/aromatic N) is 1. The van der Waals surface area contributed by atoms with Crippen molar-refractivity contribution in [2.45, 2.75) is 12.2 Å². The lowest BCUT2D eigenvalue weighted by molar-refractivity contribution is -0.226. The maximum Gasteiger partial charge on any atom is 0.380 e. The van der Waals surface area contributed by atoms with Gasteiger partial charge in [-0.05, 0) is 24.6 Å². The van der Waals surface area contributed by atoms with E-state index in [0.717, 1.165) is 0 Å². The number of halogens is 2. The molecule has 1 aromatic rings. The summed E-state index contributed by atoms with van der Waals surface area (Å²) >= 11 is 11.9. The smallest absolute Gasteiger partial charge is 0.380 e. The summed E-state index contributed by atoms with van der Waals surface area (Å²) < 4.78 is 5.24. The van der Waals surface area contributed by atoms with Crippen LogP contribution in [0.1, 0.15) is 12.0 Å². The lowest BCUT2D eigenvalue weighted by Crippen LogP contribution is -2.44. The Morgan fingerprint density at radius 1 is 1.37 bits per heavy atom. The normalized spacial score (nSPS) is 28.7. The van der Waals surface area contributed by atoms with E-state index in [2.05, 4.69) is 5.16 Å². The van der Waals surface area contributed by atoms with Gasteiger partial charge in [0.05, 0.1) is 18.2 Å². The average molecular weight is 302 g/mol. The van der Waals surface area contributed by atoms with Gasteiger partial charge in [-0.25, -0.2) is 4.79 Å². The lowest BCUT2D eigenvalue weighted by Gasteiger charge is -2.20. The van der Waals surface area contributed by atoms with Crippen LogP contribution in [0.5, 0.6) is 0 Å². The van der Waals surface area contributed by atoms with Crippen LogP contribution in [0.4, 0.5) is 0 Å². The van der Waals surface area contributed by atoms with Crippen LogP contribution in [-0.2, 0) is 14.4 Å². The van der Waals surface area contributed by atoms with E-state index in [1.165, 1.54) is 0 Å². The van der Waals surface area contributed by atoms with Gasteiger partial charge in [-0.3, -0.25) is 0 Å². The Bertz CT molecular complexity index is 569. The molecule has 2 heterocycles. The Hall–Kier alpha value is -1.30. The number of rotatable bonds is 2. The molecule has 0 amide bonds. The van der Waals surface area contributed by atoms with Crippen molar-refractivity contribution < 1.29 is 19.5 Å². The first kappa shape index (κ1) is 12.7. The van der Waals surface area contributed by atoms with Gasteiger partial charge in [-0.2, -0.15) is 0 Å². The minimum atomic E-state index is -1.70. The van der Waals surface area contributed by atoms with Crippen LogP contribution in [-0.4, -0.2) is 29.2 Å². The minimum absolute atomic E-state index is 0.310. The fourth-order valence-corrected chi connectivity index (χ4v) is 2.94. The molecule has 0 aliphatic carbocycles. The SMILES string of the molecule is O=C(O)C12OCC[C@H]1C(c1cc(Cl)cc(Cl)c1)=NO2. The summed E-state index contributed by atoms with van der Waals surface area (Å²) in [5, 5.41) is 14.0. The predicted octanol–water partition coefficient (Wildman–Crippen LogP) is 2.55. The molecule has 3 rings (SSSR count). The molecule has 2 aliphatic rings. The Balaban J connectivity index is 2.01. The van der Waals surface area contributed by atoms with Gasteiger partial charge in [0, 0.05) is 15.6 Å². The molecule has 0 saturated carbocycles. The molecule has 1 saturated heterocycles. The van der Waals surface area contributed by atoms with Crippen LogP contribution >= 0.6 is 23.2 Å². The summed E-state index contributed by atoms with van der Waals surface area (Å²) in [5.74, 6) is -3.34. The van der Waals surface area contributed by atoms with Crippen molar-refractivity contribution in [2.24, 2.45) is 11.1 Å². The van der Waals surface area contributed by atoms with E-state index >= 15 is 0 Å². The van der Waals surface area contributed by atoms with Crippen LogP contribution < -0.4 is 0 Å². The number of fused-ring (bicyclic) bond motifs is 1. The van der Waals surface area contributed by atoms with Crippen LogP contribution in [0.15, 0.2) is 23.4 Å². The van der Waals surface area contributed by atoms with Gasteiger partial charge in [-0.1, -0.05) is 28.4 Å². The summed E-state index contributed by atoms with van der Waals surface area (Å²) in [6.07, 6.45) is 0.523. The van der Waals surface area contributed by atoms with E-state index in [-0.39, 0.29) is 0 Å². The highest BCUT2D eigenvalue weighted by atomic mass is 35.5. The van der Waals surface area contributed by atoms with Crippen molar-refractivity contribution in [1.82, 2.24) is 0 Å². The first-order valence-corrected chi connectivity index (χ1v) is 6.38. The zero-order chi connectivity index (χ0) is 13.6. The molecule has 1 N–H and O–H groups in total. The second kappa shape index (κ2) is 4.37. The monoisotopic (exact) mass is 301 g/mol. The molecule has 5 nitrogen and oxygen atoms in total. The number of benzene rings is 1. The van der Waals surface area contributed by atoms with Crippen LogP contribution in [0, 0.1) is 5.92 Å². The molecule has 1 unspecified atom stereocenters. The van der Waals surface area contributed by atoms with E-state index < -0.39 is 17.7 Å². The molecule has 2 aliphatic heterocycles. The quantitative estimate of drug-likeness (QED) is 0.911. The topological polar surface area (TPSA) is 68.1 Å². The molecule has 0 aromatic heterocycles. The molecule has 100 valence electrons. The van der Waals surface area contributed by atoms with Crippen molar-refractivity contribution in [3.8, 4) is 0 Å². The van der Waals surface area contributed by atoms with Gasteiger partial charge in [0.25, 0.3) is 0 Å². The van der Waals surface area contributed by atoms with Gasteiger partial charge in [0.15, 0.2) is 0 Å². The molecule has 19 heavy (non-hydrogen) atoms. The van der Waals surface area contributed by atoms with E-state index in [9.17, 15) is 9.90 Å². The Morgan fingerprint density at radius 3 is 2.68 bits per heavy atom. The molecule has 0 spiro atoms. The highest BCUT2D eigenvalue weighted by Crippen LogP contribution is 2.41. The Morgan fingerprint density at radius 2 is 2.05 bits per heavy atom. The zero-order valence-corrected chi connectivity index (χ0v) is 11.1. The van der Waals surface area contributed by atoms with Gasteiger partial charge in [0.2, 0.25) is 0 Å². The molecule has 1 fully saturated rings. The first-order valence-electron chi connectivity index (χ1n) is 5.63. The van der Waals surface area contributed by atoms with Gasteiger partial charge in [0.1, 0.15) is 0 Å². The largest absolute Gasteiger partial charge is 0.476 e. The minimum Gasteiger partial charge on any atom is -0.476 e. The van der Waals surface area contributed by atoms with Crippen molar-refractivity contribution in [2.75, 3.05) is 6.61 Å². The van der Waals surface area contributed by atoms with Crippen molar-refractivity contribution in [1.29, 1.82) is 0 Å². The number of hydrogen-bond acceptors (Lipinski definition) is 4. The lowest BCUT2D eigenvalue weighted by atomic mass is 9.89. The molecular weight excluding hydrogens is 293 g/mol. The van der Waals surface area contributed by atoms with Gasteiger partial charge < -0.3 is 14.7 Å². The summed E-state index contributed by atoms with van der Waals surface area (Å²) in [6, 6.07) is 4.94. The maximum atomic E-state index is 11.3.